The molecule has 0 N–H and O–H groups in total. The number of ether oxygens (including phenoxy) is 20. The topological polar surface area (TPSA) is 253 Å². The number of rotatable bonds is 48. The Bertz CT molecular complexity index is 4410. The fourth-order valence-corrected chi connectivity index (χ4v) is 16.5. The van der Waals surface area contributed by atoms with E-state index in [-0.39, 0.29) is 96.4 Å². The Labute approximate surface area is 755 Å². The molecule has 6 unspecified atom stereocenters. The number of alkyl halides is 1. The van der Waals surface area contributed by atoms with E-state index in [1.54, 1.807) is 82.0 Å². The molecule has 2 heterocycles. The van der Waals surface area contributed by atoms with Crippen molar-refractivity contribution in [3.63, 3.8) is 0 Å². The van der Waals surface area contributed by atoms with Crippen molar-refractivity contribution < 1.29 is 114 Å². The number of carbonyl (C=O) groups is 4. The van der Waals surface area contributed by atoms with E-state index in [0.29, 0.717) is 83.9 Å². The van der Waals surface area contributed by atoms with Gasteiger partial charge in [0.2, 0.25) is 0 Å². The van der Waals surface area contributed by atoms with Crippen LogP contribution in [0, 0.1) is 0 Å². The molecule has 2 saturated heterocycles. The largest absolute Gasteiger partial charge is 0.497 e. The summed E-state index contributed by atoms with van der Waals surface area (Å²) in [5.41, 5.74) is 5.04. The van der Waals surface area contributed by atoms with Gasteiger partial charge >= 0.3 is 210 Å². The Balaban J connectivity index is 0.000000274. The predicted molar refractivity (Wildman–Crippen MR) is 493 cm³/mol. The van der Waals surface area contributed by atoms with Gasteiger partial charge in [-0.2, -0.15) is 0 Å². The quantitative estimate of drug-likeness (QED) is 0.00653. The molecule has 0 bridgehead atoms. The van der Waals surface area contributed by atoms with Crippen LogP contribution in [-0.4, -0.2) is 203 Å². The van der Waals surface area contributed by atoms with Crippen LogP contribution in [0.2, 0.25) is 51.4 Å². The second-order valence-corrected chi connectivity index (χ2v) is 47.2. The summed E-state index contributed by atoms with van der Waals surface area (Å²) in [5.74, 6) is -0.249. The second-order valence-electron chi connectivity index (χ2n) is 32.7. The summed E-state index contributed by atoms with van der Waals surface area (Å²) < 4.78 is 117. The van der Waals surface area contributed by atoms with Crippen LogP contribution >= 0.6 is 22.6 Å². The summed E-state index contributed by atoms with van der Waals surface area (Å²) in [5, 5.41) is 0.697. The monoisotopic (exact) mass is 1930 g/mol. The van der Waals surface area contributed by atoms with Crippen LogP contribution in [0.5, 0.6) is 34.5 Å². The third kappa shape index (κ3) is 37.0. The molecule has 7 aromatic rings. The molecule has 2 aliphatic heterocycles. The van der Waals surface area contributed by atoms with E-state index in [1.165, 1.54) is 25.8 Å². The fourth-order valence-electron chi connectivity index (χ4n) is 12.5. The van der Waals surface area contributed by atoms with Gasteiger partial charge < -0.3 is 71.1 Å². The van der Waals surface area contributed by atoms with Gasteiger partial charge in [0.25, 0.3) is 0 Å². The van der Waals surface area contributed by atoms with Gasteiger partial charge in [0, 0.05) is 32.8 Å². The number of hydrogen-bond acceptors (Lipinski definition) is 24. The zero-order valence-electron chi connectivity index (χ0n) is 75.1. The molecule has 28 heteroatoms. The molecule has 0 radical (unpaired) electrons. The Morgan fingerprint density at radius 3 is 1.32 bits per heavy atom. The van der Waals surface area contributed by atoms with Gasteiger partial charge in [-0.3, -0.25) is 0 Å². The molecule has 9 rings (SSSR count). The van der Waals surface area contributed by atoms with Crippen molar-refractivity contribution in [3.05, 3.63) is 239 Å². The minimum Gasteiger partial charge on any atom is -0.497 e. The Kier molecular flexibility index (Phi) is 44.2. The van der Waals surface area contributed by atoms with Gasteiger partial charge in [0.1, 0.15) is 53.0 Å². The first-order valence-corrected chi connectivity index (χ1v) is 52.5. The zero-order valence-corrected chi connectivity index (χ0v) is 80.9. The smallest absolute Gasteiger partial charge is 0.338 e. The van der Waals surface area contributed by atoms with Crippen LogP contribution in [0.3, 0.4) is 0 Å². The van der Waals surface area contributed by atoms with Crippen molar-refractivity contribution >= 4 is 88.1 Å². The number of hydrogen-bond donors (Lipinski definition) is 0. The van der Waals surface area contributed by atoms with Crippen molar-refractivity contribution in [3.8, 4) is 34.5 Å². The first-order chi connectivity index (χ1) is 59.4. The molecule has 8 atom stereocenters. The van der Waals surface area contributed by atoms with Crippen molar-refractivity contribution in [2.45, 2.75) is 198 Å². The van der Waals surface area contributed by atoms with E-state index in [4.69, 9.17) is 94.7 Å². The molecular weight excluding hydrogens is 1800 g/mol. The maximum absolute atomic E-state index is 13.7. The second kappa shape index (κ2) is 53.4. The summed E-state index contributed by atoms with van der Waals surface area (Å²) >= 11 is 2.46. The Hall–Kier alpha value is -8.28. The standard InChI is InChI=1S/C45H60O12Si.C28H35IO6.C23H32O6SeSi/c1-32(52-29-33-21-23-36(50-6)24-22-33)15-13-19-38(55-43(46)34-16-11-10-12-17-34)42-39(56-45(2,3)57-42)20-14-18-35-27-37(53-30-48-4)28-40(54-31-49-5)41(35)44(47)51-25-26-58(7,8)9;1-20(32-19-21-13-15-23(31-4)16-14-21)9-8-12-24(33-27(30)22-10-6-5-7-11-22)26-25(17-18-29)34-28(2,3)35-26;1-25-16-28-19-13-18(15-30-20-9-7-6-8-10-20)22(21(14-19)29-17-26-2)23(24)27-11-12-31(3,4)5/h10-14,16-19,21-24,27-28,32,38-39,42H,15,20,25-26,29-31H2,1-9H3;5-8,10-16,20,24-26H,9,17-19H2,1-4H3;6-10,13-14H,11-12,15-17H2,1-5H3/b18-14+,19-13-;12-8-;/t32-,38?,39?,42?;20-,24?,25?,26?;/m00./s1. The van der Waals surface area contributed by atoms with E-state index in [1.807, 2.05) is 169 Å². The third-order valence-electron chi connectivity index (χ3n) is 19.0. The third-order valence-corrected chi connectivity index (χ3v) is 25.2. The molecule has 7 aromatic carbocycles. The minimum absolute atomic E-state index is 0.0128. The fraction of sp³-hybridized carbons (Fsp3) is 0.458. The van der Waals surface area contributed by atoms with Crippen LogP contribution in [0.25, 0.3) is 6.08 Å². The van der Waals surface area contributed by atoms with Crippen molar-refractivity contribution in [2.24, 2.45) is 0 Å². The normalized spacial score (nSPS) is 17.0. The predicted octanol–water partition coefficient (Wildman–Crippen LogP) is 18.7. The van der Waals surface area contributed by atoms with Crippen molar-refractivity contribution in [2.75, 3.05) is 87.5 Å². The van der Waals surface area contributed by atoms with Crippen molar-refractivity contribution in [1.29, 1.82) is 0 Å². The molecule has 0 amide bonds. The van der Waals surface area contributed by atoms with Gasteiger partial charge in [-0.05, 0) is 157 Å². The van der Waals surface area contributed by atoms with Crippen molar-refractivity contribution in [1.82, 2.24) is 0 Å². The van der Waals surface area contributed by atoms with Gasteiger partial charge in [-0.15, -0.1) is 0 Å². The van der Waals surface area contributed by atoms with Crippen LogP contribution in [-0.2, 0) is 84.8 Å². The molecule has 124 heavy (non-hydrogen) atoms. The van der Waals surface area contributed by atoms with Gasteiger partial charge in [-0.25, -0.2) is 14.4 Å². The van der Waals surface area contributed by atoms with E-state index in [9.17, 15) is 19.2 Å². The summed E-state index contributed by atoms with van der Waals surface area (Å²) in [7, 11) is 6.62. The average molecular weight is 1930 g/mol. The van der Waals surface area contributed by atoms with Gasteiger partial charge in [0.15, 0.2) is 25.2 Å². The molecule has 0 aromatic heterocycles. The van der Waals surface area contributed by atoms with E-state index in [0.717, 1.165) is 51.1 Å². The van der Waals surface area contributed by atoms with E-state index >= 15 is 0 Å². The zero-order chi connectivity index (χ0) is 90.1. The summed E-state index contributed by atoms with van der Waals surface area (Å²) in [4.78, 5) is 53.1. The molecule has 24 nitrogen and oxygen atoms in total. The molecule has 2 aliphatic rings. The Morgan fingerprint density at radius 1 is 0.476 bits per heavy atom. The molecule has 2 fully saturated rings. The summed E-state index contributed by atoms with van der Waals surface area (Å²) in [6.45, 7) is 26.5. The van der Waals surface area contributed by atoms with Crippen LogP contribution in [0.4, 0.5) is 0 Å². The minimum atomic E-state index is -1.47. The Morgan fingerprint density at radius 2 is 0.887 bits per heavy atom. The maximum Gasteiger partial charge on any atom is 0.338 e. The number of esters is 4. The first-order valence-electron chi connectivity index (χ1n) is 41.5. The van der Waals surface area contributed by atoms with Crippen LogP contribution < -0.4 is 32.9 Å². The van der Waals surface area contributed by atoms with E-state index in [2.05, 4.69) is 74.0 Å². The molecule has 0 spiro atoms. The average Bonchev–Trinajstić information content (AvgIpc) is 1.66. The first kappa shape index (κ1) is 103. The number of carbonyl (C=O) groups excluding carboxylic acids is 4. The molecule has 0 aliphatic carbocycles. The van der Waals surface area contributed by atoms with Gasteiger partial charge in [-0.1, -0.05) is 127 Å². The van der Waals surface area contributed by atoms with Crippen LogP contribution in [0.15, 0.2) is 194 Å². The summed E-state index contributed by atoms with van der Waals surface area (Å²) in [6.07, 6.45) is 10.4. The number of benzene rings is 7. The molecule has 676 valence electrons. The maximum atomic E-state index is 13.7. The molecule has 0 saturated carbocycles. The van der Waals surface area contributed by atoms with Crippen LogP contribution in [0.1, 0.15) is 131 Å². The van der Waals surface area contributed by atoms with Gasteiger partial charge in [0.05, 0.1) is 69.6 Å². The number of halogens is 1. The summed E-state index contributed by atoms with van der Waals surface area (Å²) in [6, 6.07) is 52.2. The van der Waals surface area contributed by atoms with E-state index < -0.39 is 64.1 Å². The number of methoxy groups -OCH3 is 6. The molecular formula is C96H127IO24SeSi2. The SMILES string of the molecule is COCOc1cc(/C=C/CC2OC(C)(C)OC2C(/C=C\C[C@H](C)OCc2ccc(OC)cc2)OC(=O)c2ccccc2)c(C(=O)OCC[Si](C)(C)C)c(OCOC)c1.COCOc1cc(C[Se]c2ccccc2)c(C(=O)OCC[Si](C)(C)C)c(OCOC)c1.COc1ccc(CO[C@@H](C)C/C=C\C(OC(=O)c2ccccc2)C2OC(C)(C)OC2CCI)cc1.